The van der Waals surface area contributed by atoms with E-state index in [2.05, 4.69) is 21.2 Å². The molecule has 108 valence electrons. The van der Waals surface area contributed by atoms with Gasteiger partial charge in [0.05, 0.1) is 15.3 Å². The van der Waals surface area contributed by atoms with Crippen LogP contribution in [-0.2, 0) is 4.79 Å². The molecule has 0 spiro atoms. The zero-order chi connectivity index (χ0) is 15.3. The SMILES string of the molecule is CC(CCNC(=O)c1ccc(Br)c([N+](=O)[O-])c1)C(=O)O. The summed E-state index contributed by atoms with van der Waals surface area (Å²) in [5.41, 5.74) is -0.0422. The van der Waals surface area contributed by atoms with Gasteiger partial charge in [-0.05, 0) is 34.5 Å². The normalized spacial score (nSPS) is 11.7. The fourth-order valence-corrected chi connectivity index (χ4v) is 1.81. The second kappa shape index (κ2) is 6.99. The first kappa shape index (κ1) is 16.1. The quantitative estimate of drug-likeness (QED) is 0.607. The van der Waals surface area contributed by atoms with Crippen LogP contribution in [0, 0.1) is 16.0 Å². The smallest absolute Gasteiger partial charge is 0.306 e. The van der Waals surface area contributed by atoms with Crippen molar-refractivity contribution in [2.45, 2.75) is 13.3 Å². The summed E-state index contributed by atoms with van der Waals surface area (Å²) in [6, 6.07) is 4.04. The highest BCUT2D eigenvalue weighted by molar-refractivity contribution is 9.10. The Morgan fingerprint density at radius 2 is 2.15 bits per heavy atom. The molecule has 1 rings (SSSR count). The molecular formula is C12H13BrN2O5. The molecule has 0 saturated heterocycles. The molecule has 0 bridgehead atoms. The van der Waals surface area contributed by atoms with Gasteiger partial charge in [-0.25, -0.2) is 0 Å². The molecule has 20 heavy (non-hydrogen) atoms. The predicted octanol–water partition coefficient (Wildman–Crippen LogP) is 2.20. The largest absolute Gasteiger partial charge is 0.481 e. The number of halogens is 1. The van der Waals surface area contributed by atoms with Crippen LogP contribution >= 0.6 is 15.9 Å². The van der Waals surface area contributed by atoms with Crippen LogP contribution in [0.1, 0.15) is 23.7 Å². The maximum Gasteiger partial charge on any atom is 0.306 e. The number of hydrogen-bond acceptors (Lipinski definition) is 4. The average Bonchev–Trinajstić information content (AvgIpc) is 2.38. The summed E-state index contributed by atoms with van der Waals surface area (Å²) in [6.45, 7) is 1.73. The summed E-state index contributed by atoms with van der Waals surface area (Å²) in [5.74, 6) is -1.97. The Bertz CT molecular complexity index is 547. The monoisotopic (exact) mass is 344 g/mol. The molecule has 7 nitrogen and oxygen atoms in total. The maximum atomic E-state index is 11.8. The van der Waals surface area contributed by atoms with Crippen LogP contribution in [0.3, 0.4) is 0 Å². The molecule has 2 N–H and O–H groups in total. The number of benzene rings is 1. The Balaban J connectivity index is 2.67. The molecular weight excluding hydrogens is 332 g/mol. The Labute approximate surface area is 123 Å². The Morgan fingerprint density at radius 3 is 2.70 bits per heavy atom. The van der Waals surface area contributed by atoms with Crippen LogP contribution in [0.5, 0.6) is 0 Å². The third-order valence-electron chi connectivity index (χ3n) is 2.69. The second-order valence-corrected chi connectivity index (χ2v) is 5.06. The highest BCUT2D eigenvalue weighted by atomic mass is 79.9. The van der Waals surface area contributed by atoms with Crippen molar-refractivity contribution >= 4 is 33.5 Å². The number of carboxylic acids is 1. The molecule has 0 aliphatic heterocycles. The Hall–Kier alpha value is -1.96. The minimum atomic E-state index is -0.932. The summed E-state index contributed by atoms with van der Waals surface area (Å²) >= 11 is 3.03. The first-order chi connectivity index (χ1) is 9.32. The van der Waals surface area contributed by atoms with Gasteiger partial charge in [0, 0.05) is 18.2 Å². The van der Waals surface area contributed by atoms with Gasteiger partial charge >= 0.3 is 5.97 Å². The van der Waals surface area contributed by atoms with Crippen molar-refractivity contribution < 1.29 is 19.6 Å². The molecule has 0 fully saturated rings. The summed E-state index contributed by atoms with van der Waals surface area (Å²) in [6.07, 6.45) is 0.291. The van der Waals surface area contributed by atoms with Gasteiger partial charge in [0.2, 0.25) is 0 Å². The molecule has 0 heterocycles. The lowest BCUT2D eigenvalue weighted by Gasteiger charge is -2.08. The van der Waals surface area contributed by atoms with Crippen molar-refractivity contribution in [3.8, 4) is 0 Å². The van der Waals surface area contributed by atoms with Gasteiger partial charge < -0.3 is 10.4 Å². The Kier molecular flexibility index (Phi) is 5.63. The number of hydrogen-bond donors (Lipinski definition) is 2. The van der Waals surface area contributed by atoms with E-state index in [9.17, 15) is 19.7 Å². The predicted molar refractivity (Wildman–Crippen MR) is 74.5 cm³/mol. The third-order valence-corrected chi connectivity index (χ3v) is 3.36. The number of carbonyl (C=O) groups excluding carboxylic acids is 1. The fourth-order valence-electron chi connectivity index (χ4n) is 1.42. The molecule has 0 aromatic heterocycles. The van der Waals surface area contributed by atoms with Crippen LogP contribution in [0.25, 0.3) is 0 Å². The van der Waals surface area contributed by atoms with Gasteiger partial charge in [0.25, 0.3) is 11.6 Å². The van der Waals surface area contributed by atoms with Gasteiger partial charge in [-0.15, -0.1) is 0 Å². The minimum absolute atomic E-state index is 0.155. The van der Waals surface area contributed by atoms with E-state index in [1.807, 2.05) is 0 Å². The summed E-state index contributed by atoms with van der Waals surface area (Å²) in [7, 11) is 0. The third kappa shape index (κ3) is 4.30. The van der Waals surface area contributed by atoms with Crippen LogP contribution in [0.15, 0.2) is 22.7 Å². The highest BCUT2D eigenvalue weighted by Gasteiger charge is 2.16. The molecule has 0 radical (unpaired) electrons. The van der Waals surface area contributed by atoms with Crippen molar-refractivity contribution in [2.75, 3.05) is 6.54 Å². The molecule has 1 amide bonds. The van der Waals surface area contributed by atoms with Crippen molar-refractivity contribution in [1.82, 2.24) is 5.32 Å². The molecule has 0 aliphatic carbocycles. The van der Waals surface area contributed by atoms with Crippen LogP contribution in [0.2, 0.25) is 0 Å². The number of aliphatic carboxylic acids is 1. The summed E-state index contributed by atoms with van der Waals surface area (Å²) in [4.78, 5) is 32.6. The van der Waals surface area contributed by atoms with Crippen molar-refractivity contribution in [3.05, 3.63) is 38.3 Å². The van der Waals surface area contributed by atoms with E-state index in [-0.39, 0.29) is 17.8 Å². The first-order valence-corrected chi connectivity index (χ1v) is 6.57. The minimum Gasteiger partial charge on any atom is -0.481 e. The fraction of sp³-hybridized carbons (Fsp3) is 0.333. The number of rotatable bonds is 6. The van der Waals surface area contributed by atoms with Crippen molar-refractivity contribution in [2.24, 2.45) is 5.92 Å². The summed E-state index contributed by atoms with van der Waals surface area (Å²) in [5, 5.41) is 22.0. The number of nitro benzene ring substituents is 1. The molecule has 1 aromatic carbocycles. The van der Waals surface area contributed by atoms with E-state index in [1.54, 1.807) is 6.92 Å². The zero-order valence-electron chi connectivity index (χ0n) is 10.6. The number of nitrogens with one attached hydrogen (secondary N) is 1. The van der Waals surface area contributed by atoms with Gasteiger partial charge in [0.1, 0.15) is 0 Å². The molecule has 0 aliphatic rings. The van der Waals surface area contributed by atoms with E-state index >= 15 is 0 Å². The van der Waals surface area contributed by atoms with Crippen LogP contribution in [0.4, 0.5) is 5.69 Å². The zero-order valence-corrected chi connectivity index (χ0v) is 12.2. The van der Waals surface area contributed by atoms with Crippen molar-refractivity contribution in [3.63, 3.8) is 0 Å². The van der Waals surface area contributed by atoms with E-state index in [0.29, 0.717) is 10.9 Å². The van der Waals surface area contributed by atoms with Gasteiger partial charge in [-0.1, -0.05) is 6.92 Å². The summed E-state index contributed by atoms with van der Waals surface area (Å²) < 4.78 is 0.290. The Morgan fingerprint density at radius 1 is 1.50 bits per heavy atom. The topological polar surface area (TPSA) is 110 Å². The number of carboxylic acid groups (broad SMARTS) is 1. The molecule has 1 unspecified atom stereocenters. The van der Waals surface area contributed by atoms with Crippen LogP contribution in [-0.4, -0.2) is 28.5 Å². The second-order valence-electron chi connectivity index (χ2n) is 4.21. The lowest BCUT2D eigenvalue weighted by Crippen LogP contribution is -2.27. The lowest BCUT2D eigenvalue weighted by atomic mass is 10.1. The van der Waals surface area contributed by atoms with Gasteiger partial charge in [0.15, 0.2) is 0 Å². The number of nitro groups is 1. The number of amides is 1. The molecule has 0 saturated carbocycles. The van der Waals surface area contributed by atoms with E-state index in [0.717, 1.165) is 0 Å². The van der Waals surface area contributed by atoms with Gasteiger partial charge in [-0.3, -0.25) is 19.7 Å². The molecule has 1 aromatic rings. The average molecular weight is 345 g/mol. The van der Waals surface area contributed by atoms with E-state index in [4.69, 9.17) is 5.11 Å². The van der Waals surface area contributed by atoms with Crippen LogP contribution < -0.4 is 5.32 Å². The standard InChI is InChI=1S/C12H13BrN2O5/c1-7(12(17)18)4-5-14-11(16)8-2-3-9(13)10(6-8)15(19)20/h2-3,6-7H,4-5H2,1H3,(H,14,16)(H,17,18). The maximum absolute atomic E-state index is 11.8. The lowest BCUT2D eigenvalue weighted by molar-refractivity contribution is -0.385. The van der Waals surface area contributed by atoms with Gasteiger partial charge in [-0.2, -0.15) is 0 Å². The van der Waals surface area contributed by atoms with E-state index in [1.165, 1.54) is 18.2 Å². The number of carbonyl (C=O) groups is 2. The van der Waals surface area contributed by atoms with E-state index < -0.39 is 22.7 Å². The van der Waals surface area contributed by atoms with Crippen molar-refractivity contribution in [1.29, 1.82) is 0 Å². The molecule has 8 heteroatoms. The highest BCUT2D eigenvalue weighted by Crippen LogP contribution is 2.25. The molecule has 1 atom stereocenters. The first-order valence-electron chi connectivity index (χ1n) is 5.78. The number of nitrogens with zero attached hydrogens (tertiary/aromatic N) is 1.